The molecule has 6 heterocycles. The summed E-state index contributed by atoms with van der Waals surface area (Å²) in [6.07, 6.45) is 32.1. The zero-order valence-electron chi connectivity index (χ0n) is 37.4. The maximum Gasteiger partial charge on any atom is 0.0877 e. The van der Waals surface area contributed by atoms with Gasteiger partial charge in [-0.25, -0.2) is 0 Å². The van der Waals surface area contributed by atoms with E-state index < -0.39 is 0 Å². The van der Waals surface area contributed by atoms with Gasteiger partial charge in [-0.1, -0.05) is 97.5 Å². The van der Waals surface area contributed by atoms with Crippen LogP contribution in [0.2, 0.25) is 0 Å². The van der Waals surface area contributed by atoms with Gasteiger partial charge in [0.15, 0.2) is 0 Å². The third-order valence-corrected chi connectivity index (χ3v) is 18.6. The van der Waals surface area contributed by atoms with Crippen LogP contribution in [0.15, 0.2) is 161 Å². The van der Waals surface area contributed by atoms with E-state index in [0.29, 0.717) is 22.6 Å². The van der Waals surface area contributed by atoms with Gasteiger partial charge >= 0.3 is 0 Å². The number of likely N-dealkylation sites (tertiary alicyclic amines) is 1. The number of morpholine rings is 1. The third kappa shape index (κ3) is 8.27. The van der Waals surface area contributed by atoms with Gasteiger partial charge in [-0.15, -0.1) is 35.3 Å². The summed E-state index contributed by atoms with van der Waals surface area (Å²) in [5, 5.41) is 1.04. The van der Waals surface area contributed by atoms with Crippen molar-refractivity contribution in [2.45, 2.75) is 86.5 Å². The molecular formula is C55H58N6OS3. The second kappa shape index (κ2) is 18.0. The van der Waals surface area contributed by atoms with Gasteiger partial charge in [0.05, 0.1) is 63.6 Å². The average Bonchev–Trinajstić information content (AvgIpc) is 3.34. The first-order valence-electron chi connectivity index (χ1n) is 23.7. The standard InChI is InChI=1S/C55H58N6OS3/c1-57-26-27-62-43(35-57)36-61-47-21-17-41(40-16-20-46-54(30-40)64-51-15-6-4-13-45(51)60(46)34-42-11-7-8-25-58(42)2)31-55(47)65-53-23-19-39(29-49(53)61)38-18-22-52-48(28-38)59(33-37-10-9-24-56-32-37)44-12-3-5-14-50(44)63-52/h3-6,9-10,12-24,28-32,42-43,45,47-48,51-52,55H,7-8,11,25-27,33-36H2,1-2H3. The molecule has 0 radical (unpaired) electrons. The smallest absolute Gasteiger partial charge is 0.0877 e. The van der Waals surface area contributed by atoms with Gasteiger partial charge in [-0.05, 0) is 104 Å². The number of aromatic nitrogens is 1. The van der Waals surface area contributed by atoms with Crippen LogP contribution < -0.4 is 14.7 Å². The number of ether oxygens (including phenoxy) is 1. The molecular weight excluding hydrogens is 857 g/mol. The number of rotatable bonds is 8. The van der Waals surface area contributed by atoms with Crippen LogP contribution in [0.25, 0.3) is 11.1 Å². The van der Waals surface area contributed by atoms with Crippen molar-refractivity contribution in [3.63, 3.8) is 0 Å². The van der Waals surface area contributed by atoms with E-state index in [1.54, 1.807) is 0 Å². The molecule has 3 aromatic carbocycles. The predicted molar refractivity (Wildman–Crippen MR) is 275 cm³/mol. The molecule has 8 atom stereocenters. The fourth-order valence-corrected chi connectivity index (χ4v) is 15.2. The Bertz CT molecular complexity index is 2620. The van der Waals surface area contributed by atoms with Gasteiger partial charge in [0.25, 0.3) is 0 Å². The van der Waals surface area contributed by atoms with Crippen molar-refractivity contribution in [1.29, 1.82) is 0 Å². The van der Waals surface area contributed by atoms with Crippen LogP contribution >= 0.6 is 35.3 Å². The number of pyridine rings is 1. The van der Waals surface area contributed by atoms with Crippen molar-refractivity contribution >= 4 is 63.5 Å². The Morgan fingerprint density at radius 1 is 0.646 bits per heavy atom. The number of allylic oxidation sites excluding steroid dienone is 6. The molecule has 2 saturated heterocycles. The van der Waals surface area contributed by atoms with Gasteiger partial charge in [0, 0.05) is 65.8 Å². The van der Waals surface area contributed by atoms with Crippen molar-refractivity contribution in [1.82, 2.24) is 14.8 Å². The van der Waals surface area contributed by atoms with Crippen LogP contribution in [-0.4, -0.2) is 114 Å². The lowest BCUT2D eigenvalue weighted by molar-refractivity contribution is -0.0152. The largest absolute Gasteiger partial charge is 0.374 e. The Labute approximate surface area is 398 Å². The molecule has 0 saturated carbocycles. The second-order valence-corrected chi connectivity index (χ2v) is 22.6. The van der Waals surface area contributed by atoms with Gasteiger partial charge in [-0.3, -0.25) is 4.98 Å². The quantitative estimate of drug-likeness (QED) is 0.171. The molecule has 12 rings (SSSR count). The van der Waals surface area contributed by atoms with E-state index in [1.807, 2.05) is 53.7 Å². The third-order valence-electron chi connectivity index (χ3n) is 14.8. The van der Waals surface area contributed by atoms with Crippen molar-refractivity contribution in [3.8, 4) is 0 Å². The highest BCUT2D eigenvalue weighted by Crippen LogP contribution is 2.50. The number of hydrogen-bond donors (Lipinski definition) is 0. The summed E-state index contributed by atoms with van der Waals surface area (Å²) in [5.74, 6) is 0. The van der Waals surface area contributed by atoms with Crippen LogP contribution in [0.3, 0.4) is 0 Å². The van der Waals surface area contributed by atoms with Crippen molar-refractivity contribution in [2.75, 3.05) is 68.1 Å². The van der Waals surface area contributed by atoms with E-state index in [-0.39, 0.29) is 23.4 Å². The van der Waals surface area contributed by atoms with Gasteiger partial charge < -0.3 is 29.2 Å². The molecule has 0 amide bonds. The van der Waals surface area contributed by atoms with E-state index in [2.05, 4.69) is 171 Å². The summed E-state index contributed by atoms with van der Waals surface area (Å²) in [6.45, 7) is 6.66. The lowest BCUT2D eigenvalue weighted by atomic mass is 9.92. The molecule has 8 aliphatic rings. The summed E-state index contributed by atoms with van der Waals surface area (Å²) in [6, 6.07) is 29.1. The lowest BCUT2D eigenvalue weighted by Crippen LogP contribution is -2.52. The predicted octanol–water partition coefficient (Wildman–Crippen LogP) is 10.5. The summed E-state index contributed by atoms with van der Waals surface area (Å²) >= 11 is 6.05. The van der Waals surface area contributed by atoms with E-state index in [0.717, 1.165) is 39.3 Å². The first-order chi connectivity index (χ1) is 32.0. The minimum absolute atomic E-state index is 0.143. The fourth-order valence-electron chi connectivity index (χ4n) is 11.3. The van der Waals surface area contributed by atoms with Gasteiger partial charge in [0.1, 0.15) is 0 Å². The summed E-state index contributed by atoms with van der Waals surface area (Å²) in [4.78, 5) is 21.6. The van der Waals surface area contributed by atoms with Gasteiger partial charge in [-0.2, -0.15) is 0 Å². The molecule has 65 heavy (non-hydrogen) atoms. The van der Waals surface area contributed by atoms with Crippen LogP contribution in [-0.2, 0) is 11.3 Å². The summed E-state index contributed by atoms with van der Waals surface area (Å²) < 4.78 is 6.50. The lowest BCUT2D eigenvalue weighted by Gasteiger charge is -2.46. The van der Waals surface area contributed by atoms with E-state index in [1.165, 1.54) is 85.4 Å². The van der Waals surface area contributed by atoms with Crippen LogP contribution in [0.1, 0.15) is 36.0 Å². The highest BCUT2D eigenvalue weighted by molar-refractivity contribution is 8.01. The molecule has 8 unspecified atom stereocenters. The molecule has 2 fully saturated rings. The monoisotopic (exact) mass is 914 g/mol. The number of anilines is 3. The van der Waals surface area contributed by atoms with Crippen LogP contribution in [0, 0.1) is 0 Å². The van der Waals surface area contributed by atoms with Crippen LogP contribution in [0.5, 0.6) is 0 Å². The molecule has 0 spiro atoms. The number of hydrogen-bond acceptors (Lipinski definition) is 10. The first-order valence-corrected chi connectivity index (χ1v) is 26.3. The first kappa shape index (κ1) is 42.0. The van der Waals surface area contributed by atoms with E-state index in [9.17, 15) is 0 Å². The Hall–Kier alpha value is -4.42. The zero-order chi connectivity index (χ0) is 43.4. The Balaban J connectivity index is 0.854. The Morgan fingerprint density at radius 2 is 1.42 bits per heavy atom. The maximum absolute atomic E-state index is 6.50. The van der Waals surface area contributed by atoms with Crippen molar-refractivity contribution in [2.24, 2.45) is 0 Å². The fraction of sp³-hybridized carbons (Fsp3) is 0.364. The number of piperidine rings is 1. The molecule has 5 aliphatic heterocycles. The molecule has 10 heteroatoms. The van der Waals surface area contributed by atoms with Crippen LogP contribution in [0.4, 0.5) is 17.1 Å². The summed E-state index contributed by atoms with van der Waals surface area (Å²) in [7, 11) is 4.55. The summed E-state index contributed by atoms with van der Waals surface area (Å²) in [5.41, 5.74) is 10.4. The number of benzene rings is 3. The normalized spacial score (nSPS) is 29.2. The molecule has 1 aromatic heterocycles. The van der Waals surface area contributed by atoms with Crippen molar-refractivity contribution in [3.05, 3.63) is 163 Å². The van der Waals surface area contributed by atoms with Crippen molar-refractivity contribution < 1.29 is 4.74 Å². The van der Waals surface area contributed by atoms with E-state index >= 15 is 0 Å². The molecule has 3 aliphatic carbocycles. The minimum atomic E-state index is 0.143. The van der Waals surface area contributed by atoms with E-state index in [4.69, 9.17) is 4.74 Å². The number of likely N-dealkylation sites (N-methyl/N-ethyl adjacent to an activating group) is 2. The van der Waals surface area contributed by atoms with Gasteiger partial charge in [0.2, 0.25) is 0 Å². The number of para-hydroxylation sites is 1. The number of nitrogens with zero attached hydrogens (tertiary/aromatic N) is 6. The molecule has 4 aromatic rings. The Kier molecular flexibility index (Phi) is 11.6. The number of fused-ring (bicyclic) bond motifs is 6. The molecule has 332 valence electrons. The second-order valence-electron chi connectivity index (χ2n) is 19.0. The SMILES string of the molecule is CN1CCOC(CN2c3cc(C4=CC5C(C=C4)Sc4ccccc4N5Cc4cccnc4)ccc3SC3C=C(c4ccc5c(c4)SC4C=CC=CC4N5CC4CCCCN4C)C=CC32)C1. The minimum Gasteiger partial charge on any atom is -0.374 e. The highest BCUT2D eigenvalue weighted by Gasteiger charge is 2.40. The molecule has 7 nitrogen and oxygen atoms in total. The number of thioether (sulfide) groups is 3. The average molecular weight is 915 g/mol. The molecule has 0 N–H and O–H groups in total. The Morgan fingerprint density at radius 3 is 2.32 bits per heavy atom. The highest BCUT2D eigenvalue weighted by atomic mass is 32.2. The maximum atomic E-state index is 6.50. The topological polar surface area (TPSA) is 38.3 Å². The zero-order valence-corrected chi connectivity index (χ0v) is 39.8. The molecule has 0 bridgehead atoms.